The number of thioether (sulfide) groups is 1. The highest BCUT2D eigenvalue weighted by molar-refractivity contribution is 7.99. The molecule has 6 rings (SSSR count). The number of aromatic nitrogens is 2. The maximum atomic E-state index is 14.2. The first-order valence-corrected chi connectivity index (χ1v) is 11.3. The molecule has 160 valence electrons. The summed E-state index contributed by atoms with van der Waals surface area (Å²) in [7, 11) is 0. The van der Waals surface area contributed by atoms with Crippen LogP contribution in [-0.2, 0) is 4.79 Å². The van der Waals surface area contributed by atoms with Crippen LogP contribution in [0.5, 0.6) is 0 Å². The molecule has 6 nitrogen and oxygen atoms in total. The van der Waals surface area contributed by atoms with Crippen molar-refractivity contribution in [2.24, 2.45) is 0 Å². The maximum absolute atomic E-state index is 14.2. The summed E-state index contributed by atoms with van der Waals surface area (Å²) in [6.45, 7) is 0. The minimum absolute atomic E-state index is 0.270. The maximum Gasteiger partial charge on any atom is 0.327 e. The van der Waals surface area contributed by atoms with Gasteiger partial charge >= 0.3 is 5.97 Å². The molecule has 1 aliphatic heterocycles. The molecule has 1 unspecified atom stereocenters. The number of carbonyl (C=O) groups is 1. The first-order valence-electron chi connectivity index (χ1n) is 10.3. The molecule has 0 bridgehead atoms. The molecule has 1 saturated carbocycles. The van der Waals surface area contributed by atoms with E-state index in [9.17, 15) is 19.1 Å². The minimum atomic E-state index is -1.00. The molecular weight excluding hydrogens is 431 g/mol. The van der Waals surface area contributed by atoms with Crippen molar-refractivity contribution in [1.82, 2.24) is 9.72 Å². The van der Waals surface area contributed by atoms with Gasteiger partial charge in [0, 0.05) is 34.4 Å². The highest BCUT2D eigenvalue weighted by atomic mass is 32.2. The summed E-state index contributed by atoms with van der Waals surface area (Å²) in [5.74, 6) is -0.252. The largest absolute Gasteiger partial charge is 0.480 e. The highest BCUT2D eigenvalue weighted by Gasteiger charge is 2.38. The molecule has 3 heterocycles. The van der Waals surface area contributed by atoms with E-state index in [4.69, 9.17) is 4.52 Å². The van der Waals surface area contributed by atoms with Crippen molar-refractivity contribution in [1.29, 1.82) is 0 Å². The van der Waals surface area contributed by atoms with Crippen LogP contribution in [0.2, 0.25) is 0 Å². The van der Waals surface area contributed by atoms with Crippen LogP contribution in [0.3, 0.4) is 0 Å². The van der Waals surface area contributed by atoms with Gasteiger partial charge in [-0.05, 0) is 41.8 Å². The number of carboxylic acids is 1. The molecule has 8 heteroatoms. The fourth-order valence-corrected chi connectivity index (χ4v) is 5.85. The van der Waals surface area contributed by atoms with Crippen LogP contribution in [-0.4, -0.2) is 26.6 Å². The molecule has 2 aromatic heterocycles. The molecule has 0 spiro atoms. The fraction of sp³-hybridized carbons (Fsp3) is 0.208. The predicted molar refractivity (Wildman–Crippen MR) is 118 cm³/mol. The van der Waals surface area contributed by atoms with Gasteiger partial charge in [0.1, 0.15) is 17.6 Å². The van der Waals surface area contributed by atoms with Crippen molar-refractivity contribution in [2.75, 3.05) is 5.75 Å². The van der Waals surface area contributed by atoms with E-state index in [1.54, 1.807) is 24.3 Å². The number of fused-ring (bicyclic) bond motifs is 2. The first-order chi connectivity index (χ1) is 15.5. The topological polar surface area (TPSA) is 85.3 Å². The lowest BCUT2D eigenvalue weighted by atomic mass is 9.99. The second-order valence-corrected chi connectivity index (χ2v) is 9.15. The summed E-state index contributed by atoms with van der Waals surface area (Å²) >= 11 is 1.41. The van der Waals surface area contributed by atoms with Crippen molar-refractivity contribution in [3.63, 3.8) is 0 Å². The Morgan fingerprint density at radius 1 is 1.12 bits per heavy atom. The number of hydrogen-bond donors (Lipinski definition) is 1. The molecule has 32 heavy (non-hydrogen) atoms. The SMILES string of the molecule is O=C(O)C1CSc2c(C3CC3)c(-c3cc(-c4ccc(F)c5ccccc45)no3)cc(=O)n21. The lowest BCUT2D eigenvalue weighted by Gasteiger charge is -2.14. The molecule has 2 aromatic carbocycles. The number of rotatable bonds is 4. The van der Waals surface area contributed by atoms with E-state index >= 15 is 0 Å². The Morgan fingerprint density at radius 3 is 2.66 bits per heavy atom. The van der Waals surface area contributed by atoms with Crippen molar-refractivity contribution >= 4 is 28.5 Å². The van der Waals surface area contributed by atoms with Gasteiger partial charge in [-0.2, -0.15) is 0 Å². The zero-order chi connectivity index (χ0) is 22.0. The lowest BCUT2D eigenvalue weighted by Crippen LogP contribution is -2.29. The molecule has 2 aliphatic rings. The monoisotopic (exact) mass is 448 g/mol. The summed E-state index contributed by atoms with van der Waals surface area (Å²) in [5.41, 5.74) is 2.55. The van der Waals surface area contributed by atoms with Crippen molar-refractivity contribution in [2.45, 2.75) is 29.8 Å². The van der Waals surface area contributed by atoms with Gasteiger partial charge in [-0.1, -0.05) is 29.4 Å². The van der Waals surface area contributed by atoms with Crippen LogP contribution in [0.4, 0.5) is 4.39 Å². The summed E-state index contributed by atoms with van der Waals surface area (Å²) in [4.78, 5) is 24.5. The van der Waals surface area contributed by atoms with Gasteiger partial charge < -0.3 is 9.63 Å². The number of carboxylic acid groups (broad SMARTS) is 1. The Kier molecular flexibility index (Phi) is 4.26. The van der Waals surface area contributed by atoms with E-state index in [2.05, 4.69) is 5.16 Å². The van der Waals surface area contributed by atoms with Crippen LogP contribution in [0.15, 0.2) is 62.9 Å². The third kappa shape index (κ3) is 2.90. The molecule has 1 atom stereocenters. The van der Waals surface area contributed by atoms with Crippen molar-refractivity contribution in [3.8, 4) is 22.6 Å². The Hall–Kier alpha value is -3.39. The summed E-state index contributed by atoms with van der Waals surface area (Å²) in [6.07, 6.45) is 1.97. The molecule has 1 fully saturated rings. The number of halogens is 1. The van der Waals surface area contributed by atoms with Gasteiger partial charge in [0.25, 0.3) is 5.56 Å². The standard InChI is InChI=1S/C24H17FN2O4S/c25-17-8-7-15(13-3-1-2-4-14(13)17)18-10-20(31-26-18)16-9-21(28)27-19(24(29)30)11-32-23(27)22(16)12-5-6-12/h1-4,7-10,12,19H,5-6,11H2,(H,29,30). The van der Waals surface area contributed by atoms with E-state index in [0.717, 1.165) is 29.4 Å². The van der Waals surface area contributed by atoms with E-state index in [1.165, 1.54) is 28.5 Å². The second-order valence-electron chi connectivity index (χ2n) is 8.14. The van der Waals surface area contributed by atoms with Gasteiger partial charge in [0.2, 0.25) is 0 Å². The van der Waals surface area contributed by atoms with Crippen molar-refractivity contribution in [3.05, 3.63) is 70.3 Å². The van der Waals surface area contributed by atoms with E-state index in [1.807, 2.05) is 12.1 Å². The second kappa shape index (κ2) is 7.06. The number of aliphatic carboxylic acids is 1. The Bertz CT molecular complexity index is 1470. The van der Waals surface area contributed by atoms with Gasteiger partial charge in [-0.3, -0.25) is 9.36 Å². The molecule has 0 amide bonds. The van der Waals surface area contributed by atoms with Gasteiger partial charge in [0.05, 0.1) is 5.03 Å². The summed E-state index contributed by atoms with van der Waals surface area (Å²) in [6, 6.07) is 12.6. The van der Waals surface area contributed by atoms with Crippen LogP contribution >= 0.6 is 11.8 Å². The van der Waals surface area contributed by atoms with Crippen LogP contribution in [0.25, 0.3) is 33.4 Å². The summed E-state index contributed by atoms with van der Waals surface area (Å²) < 4.78 is 21.3. The third-order valence-electron chi connectivity index (χ3n) is 6.13. The van der Waals surface area contributed by atoms with Gasteiger partial charge in [-0.15, -0.1) is 11.8 Å². The highest BCUT2D eigenvalue weighted by Crippen LogP contribution is 2.50. The molecule has 0 radical (unpaired) electrons. The average molecular weight is 448 g/mol. The zero-order valence-electron chi connectivity index (χ0n) is 16.7. The van der Waals surface area contributed by atoms with Gasteiger partial charge in [0.15, 0.2) is 5.76 Å². The summed E-state index contributed by atoms with van der Waals surface area (Å²) in [5, 5.41) is 15.7. The van der Waals surface area contributed by atoms with Crippen LogP contribution in [0.1, 0.15) is 30.4 Å². The minimum Gasteiger partial charge on any atom is -0.480 e. The first kappa shape index (κ1) is 19.3. The Labute approximate surface area is 185 Å². The number of pyridine rings is 1. The average Bonchev–Trinajstić information content (AvgIpc) is 3.32. The lowest BCUT2D eigenvalue weighted by molar-refractivity contribution is -0.140. The third-order valence-corrected chi connectivity index (χ3v) is 7.30. The number of nitrogens with zero attached hydrogens (tertiary/aromatic N) is 2. The van der Waals surface area contributed by atoms with E-state index in [-0.39, 0.29) is 17.3 Å². The van der Waals surface area contributed by atoms with Gasteiger partial charge in [-0.25, -0.2) is 9.18 Å². The van der Waals surface area contributed by atoms with E-state index in [0.29, 0.717) is 33.2 Å². The van der Waals surface area contributed by atoms with Crippen molar-refractivity contribution < 1.29 is 18.8 Å². The fourth-order valence-electron chi connectivity index (χ4n) is 4.46. The van der Waals surface area contributed by atoms with Crippen LogP contribution in [0, 0.1) is 5.82 Å². The smallest absolute Gasteiger partial charge is 0.327 e. The zero-order valence-corrected chi connectivity index (χ0v) is 17.6. The number of benzene rings is 2. The Balaban J connectivity index is 1.51. The quantitative estimate of drug-likeness (QED) is 0.469. The molecule has 0 saturated heterocycles. The molecular formula is C24H17FN2O4S. The van der Waals surface area contributed by atoms with Crippen LogP contribution < -0.4 is 5.56 Å². The van der Waals surface area contributed by atoms with E-state index < -0.39 is 12.0 Å². The predicted octanol–water partition coefficient (Wildman–Crippen LogP) is 5.07. The normalized spacial score (nSPS) is 17.6. The number of hydrogen-bond acceptors (Lipinski definition) is 5. The Morgan fingerprint density at radius 2 is 1.91 bits per heavy atom. The molecule has 4 aromatic rings. The molecule has 1 aliphatic carbocycles. The molecule has 1 N–H and O–H groups in total.